The zero-order chi connectivity index (χ0) is 14.9. The molecule has 1 aliphatic rings. The van der Waals surface area contributed by atoms with Gasteiger partial charge in [0.2, 0.25) is 0 Å². The predicted molar refractivity (Wildman–Crippen MR) is 84.2 cm³/mol. The number of phenolic OH excluding ortho intramolecular Hbond substituents is 1. The molecule has 3 heteroatoms. The first-order valence-electron chi connectivity index (χ1n) is 7.55. The van der Waals surface area contributed by atoms with Gasteiger partial charge in [-0.1, -0.05) is 32.9 Å². The summed E-state index contributed by atoms with van der Waals surface area (Å²) in [5, 5.41) is 13.4. The van der Waals surface area contributed by atoms with Crippen LogP contribution in [-0.4, -0.2) is 36.2 Å². The number of hydrogen-bond acceptors (Lipinski definition) is 3. The van der Waals surface area contributed by atoms with E-state index in [9.17, 15) is 5.11 Å². The highest BCUT2D eigenvalue weighted by Crippen LogP contribution is 2.40. The molecule has 3 nitrogen and oxygen atoms in total. The predicted octanol–water partition coefficient (Wildman–Crippen LogP) is 3.00. The highest BCUT2D eigenvalue weighted by Gasteiger charge is 2.32. The molecule has 1 atom stereocenters. The van der Waals surface area contributed by atoms with Crippen molar-refractivity contribution in [1.29, 1.82) is 0 Å². The Labute approximate surface area is 123 Å². The van der Waals surface area contributed by atoms with E-state index in [-0.39, 0.29) is 5.41 Å². The molecule has 1 fully saturated rings. The van der Waals surface area contributed by atoms with Crippen molar-refractivity contribution in [1.82, 2.24) is 10.2 Å². The average Bonchev–Trinajstić information content (AvgIpc) is 2.35. The minimum absolute atomic E-state index is 0.174. The number of nitrogens with zero attached hydrogens (tertiary/aromatic N) is 1. The number of piperazine rings is 1. The fraction of sp³-hybridized carbons (Fsp3) is 0.647. The fourth-order valence-electron chi connectivity index (χ4n) is 3.35. The molecule has 0 spiro atoms. The normalized spacial score (nSPS) is 19.1. The molecule has 1 aromatic rings. The van der Waals surface area contributed by atoms with Gasteiger partial charge in [-0.3, -0.25) is 4.90 Å². The van der Waals surface area contributed by atoms with Crippen molar-refractivity contribution in [3.05, 3.63) is 28.8 Å². The molecule has 0 saturated carbocycles. The van der Waals surface area contributed by atoms with E-state index in [1.165, 1.54) is 5.56 Å². The van der Waals surface area contributed by atoms with Crippen LogP contribution in [0.5, 0.6) is 5.75 Å². The maximum atomic E-state index is 10.0. The van der Waals surface area contributed by atoms with Crippen LogP contribution >= 0.6 is 0 Å². The molecule has 0 unspecified atom stereocenters. The highest BCUT2D eigenvalue weighted by atomic mass is 16.3. The SMILES string of the molecule is Cc1cc([C@H](N2CCNCC2)C(C)(C)C)cc(C)c1O. The average molecular weight is 276 g/mol. The Hall–Kier alpha value is -1.06. The maximum Gasteiger partial charge on any atom is 0.121 e. The van der Waals surface area contributed by atoms with Gasteiger partial charge in [-0.15, -0.1) is 0 Å². The number of rotatable bonds is 2. The first kappa shape index (κ1) is 15.3. The number of nitrogens with one attached hydrogen (secondary N) is 1. The minimum Gasteiger partial charge on any atom is -0.507 e. The number of aryl methyl sites for hydroxylation is 2. The molecule has 1 saturated heterocycles. The van der Waals surface area contributed by atoms with E-state index in [0.29, 0.717) is 11.8 Å². The monoisotopic (exact) mass is 276 g/mol. The smallest absolute Gasteiger partial charge is 0.121 e. The van der Waals surface area contributed by atoms with Crippen LogP contribution in [0.1, 0.15) is 43.5 Å². The highest BCUT2D eigenvalue weighted by molar-refractivity contribution is 5.43. The van der Waals surface area contributed by atoms with Crippen molar-refractivity contribution in [2.24, 2.45) is 5.41 Å². The van der Waals surface area contributed by atoms with Crippen LogP contribution in [0.4, 0.5) is 0 Å². The first-order chi connectivity index (χ1) is 9.30. The molecule has 2 rings (SSSR count). The Bertz CT molecular complexity index is 447. The Balaban J connectivity index is 2.41. The van der Waals surface area contributed by atoms with Crippen molar-refractivity contribution in [2.45, 2.75) is 40.7 Å². The lowest BCUT2D eigenvalue weighted by molar-refractivity contribution is 0.0861. The van der Waals surface area contributed by atoms with Gasteiger partial charge < -0.3 is 10.4 Å². The van der Waals surface area contributed by atoms with Crippen molar-refractivity contribution < 1.29 is 5.11 Å². The molecule has 112 valence electrons. The lowest BCUT2D eigenvalue weighted by Gasteiger charge is -2.43. The summed E-state index contributed by atoms with van der Waals surface area (Å²) in [5.74, 6) is 0.432. The summed E-state index contributed by atoms with van der Waals surface area (Å²) in [7, 11) is 0. The largest absolute Gasteiger partial charge is 0.507 e. The topological polar surface area (TPSA) is 35.5 Å². The summed E-state index contributed by atoms with van der Waals surface area (Å²) >= 11 is 0. The van der Waals surface area contributed by atoms with Crippen LogP contribution in [0.3, 0.4) is 0 Å². The number of phenols is 1. The molecule has 1 aliphatic heterocycles. The van der Waals surface area contributed by atoms with Gasteiger partial charge in [-0.05, 0) is 36.0 Å². The van der Waals surface area contributed by atoms with Crippen LogP contribution in [0, 0.1) is 19.3 Å². The standard InChI is InChI=1S/C17H28N2O/c1-12-10-14(11-13(2)15(12)20)16(17(3,4)5)19-8-6-18-7-9-19/h10-11,16,18,20H,6-9H2,1-5H3/t16-/m0/s1. The molecule has 0 radical (unpaired) electrons. The fourth-order valence-corrected chi connectivity index (χ4v) is 3.35. The summed E-state index contributed by atoms with van der Waals surface area (Å²) in [6, 6.07) is 4.70. The van der Waals surface area contributed by atoms with Gasteiger partial charge in [0.05, 0.1) is 0 Å². The maximum absolute atomic E-state index is 10.0. The molecule has 2 N–H and O–H groups in total. The van der Waals surface area contributed by atoms with Gasteiger partial charge in [0.25, 0.3) is 0 Å². The zero-order valence-electron chi connectivity index (χ0n) is 13.5. The second-order valence-electron chi connectivity index (χ2n) is 7.06. The molecule has 0 aromatic heterocycles. The summed E-state index contributed by atoms with van der Waals surface area (Å²) in [5.41, 5.74) is 3.45. The second kappa shape index (κ2) is 5.74. The van der Waals surface area contributed by atoms with Crippen LogP contribution in [0.2, 0.25) is 0 Å². The van der Waals surface area contributed by atoms with Crippen molar-refractivity contribution in [3.63, 3.8) is 0 Å². The van der Waals surface area contributed by atoms with E-state index in [1.807, 2.05) is 13.8 Å². The summed E-state index contributed by atoms with van der Waals surface area (Å²) in [6.45, 7) is 15.2. The van der Waals surface area contributed by atoms with Gasteiger partial charge in [0, 0.05) is 32.2 Å². The summed E-state index contributed by atoms with van der Waals surface area (Å²) in [6.07, 6.45) is 0. The third kappa shape index (κ3) is 3.15. The quantitative estimate of drug-likeness (QED) is 0.871. The van der Waals surface area contributed by atoms with E-state index >= 15 is 0 Å². The first-order valence-corrected chi connectivity index (χ1v) is 7.55. The van der Waals surface area contributed by atoms with Gasteiger partial charge in [0.15, 0.2) is 0 Å². The van der Waals surface area contributed by atoms with Gasteiger partial charge in [-0.25, -0.2) is 0 Å². The lowest BCUT2D eigenvalue weighted by Crippen LogP contribution is -2.48. The van der Waals surface area contributed by atoms with Gasteiger partial charge in [0.1, 0.15) is 5.75 Å². The molecule has 1 heterocycles. The van der Waals surface area contributed by atoms with E-state index in [4.69, 9.17) is 0 Å². The number of hydrogen-bond donors (Lipinski definition) is 2. The van der Waals surface area contributed by atoms with Crippen LogP contribution in [0.15, 0.2) is 12.1 Å². The van der Waals surface area contributed by atoms with Crippen molar-refractivity contribution >= 4 is 0 Å². The Morgan fingerprint density at radius 2 is 1.60 bits per heavy atom. The van der Waals surface area contributed by atoms with Crippen LogP contribution in [0.25, 0.3) is 0 Å². The summed E-state index contributed by atoms with van der Waals surface area (Å²) in [4.78, 5) is 2.57. The summed E-state index contributed by atoms with van der Waals surface area (Å²) < 4.78 is 0. The third-order valence-corrected chi connectivity index (χ3v) is 4.17. The molecule has 0 aliphatic carbocycles. The second-order valence-corrected chi connectivity index (χ2v) is 7.06. The lowest BCUT2D eigenvalue weighted by atomic mass is 9.80. The molecule has 20 heavy (non-hydrogen) atoms. The van der Waals surface area contributed by atoms with E-state index in [2.05, 4.69) is 43.1 Å². The van der Waals surface area contributed by atoms with Crippen molar-refractivity contribution in [3.8, 4) is 5.75 Å². The third-order valence-electron chi connectivity index (χ3n) is 4.17. The van der Waals surface area contributed by atoms with Crippen molar-refractivity contribution in [2.75, 3.05) is 26.2 Å². The van der Waals surface area contributed by atoms with E-state index < -0.39 is 0 Å². The molecular formula is C17H28N2O. The zero-order valence-corrected chi connectivity index (χ0v) is 13.5. The molecule has 0 amide bonds. The molecule has 1 aromatic carbocycles. The van der Waals surface area contributed by atoms with E-state index in [0.717, 1.165) is 37.3 Å². The van der Waals surface area contributed by atoms with E-state index in [1.54, 1.807) is 0 Å². The van der Waals surface area contributed by atoms with Gasteiger partial charge in [-0.2, -0.15) is 0 Å². The Morgan fingerprint density at radius 3 is 2.05 bits per heavy atom. The van der Waals surface area contributed by atoms with Gasteiger partial charge >= 0.3 is 0 Å². The number of aromatic hydroxyl groups is 1. The number of benzene rings is 1. The Kier molecular flexibility index (Phi) is 4.40. The Morgan fingerprint density at radius 1 is 1.10 bits per heavy atom. The minimum atomic E-state index is 0.174. The molecular weight excluding hydrogens is 248 g/mol. The molecule has 0 bridgehead atoms. The van der Waals surface area contributed by atoms with Crippen LogP contribution < -0.4 is 5.32 Å². The van der Waals surface area contributed by atoms with Crippen LogP contribution in [-0.2, 0) is 0 Å².